The number of carbonyl (C=O) groups excluding carboxylic acids is 1. The van der Waals surface area contributed by atoms with E-state index in [2.05, 4.69) is 0 Å². The van der Waals surface area contributed by atoms with E-state index >= 15 is 0 Å². The van der Waals surface area contributed by atoms with E-state index in [1.54, 1.807) is 11.8 Å². The van der Waals surface area contributed by atoms with Gasteiger partial charge < -0.3 is 15.4 Å². The van der Waals surface area contributed by atoms with Gasteiger partial charge in [0.1, 0.15) is 11.8 Å². The fourth-order valence-corrected chi connectivity index (χ4v) is 2.88. The first-order valence-corrected chi connectivity index (χ1v) is 7.56. The van der Waals surface area contributed by atoms with Crippen LogP contribution >= 0.6 is 0 Å². The zero-order chi connectivity index (χ0) is 15.3. The van der Waals surface area contributed by atoms with Crippen molar-refractivity contribution >= 4 is 6.09 Å². The number of ether oxygens (including phenoxy) is 1. The highest BCUT2D eigenvalue weighted by atomic mass is 19.1. The second-order valence-electron chi connectivity index (χ2n) is 6.75. The lowest BCUT2D eigenvalue weighted by atomic mass is 9.81. The van der Waals surface area contributed by atoms with Gasteiger partial charge in [-0.3, -0.25) is 0 Å². The van der Waals surface area contributed by atoms with Crippen LogP contribution in [-0.4, -0.2) is 42.4 Å². The molecule has 3 atom stereocenters. The molecule has 4 nitrogen and oxygen atoms in total. The Hall–Kier alpha value is -0.840. The number of rotatable bonds is 4. The second-order valence-corrected chi connectivity index (χ2v) is 6.75. The molecule has 20 heavy (non-hydrogen) atoms. The average molecular weight is 288 g/mol. The van der Waals surface area contributed by atoms with Gasteiger partial charge >= 0.3 is 6.09 Å². The third-order valence-corrected chi connectivity index (χ3v) is 3.81. The number of nitrogens with two attached hydrogens (primary N) is 1. The van der Waals surface area contributed by atoms with Gasteiger partial charge in [-0.15, -0.1) is 0 Å². The van der Waals surface area contributed by atoms with Crippen LogP contribution in [0.2, 0.25) is 0 Å². The monoisotopic (exact) mass is 288 g/mol. The molecular formula is C15H29FN2O2. The van der Waals surface area contributed by atoms with E-state index in [9.17, 15) is 9.18 Å². The molecule has 0 saturated carbocycles. The highest BCUT2D eigenvalue weighted by molar-refractivity contribution is 5.68. The van der Waals surface area contributed by atoms with Crippen LogP contribution in [0.15, 0.2) is 0 Å². The molecule has 0 aromatic heterocycles. The summed E-state index contributed by atoms with van der Waals surface area (Å²) in [7, 11) is 0. The van der Waals surface area contributed by atoms with Crippen molar-refractivity contribution in [3.8, 4) is 0 Å². The number of likely N-dealkylation sites (tertiary alicyclic amines) is 1. The summed E-state index contributed by atoms with van der Waals surface area (Å²) in [5.41, 5.74) is 5.09. The van der Waals surface area contributed by atoms with Gasteiger partial charge in [0.2, 0.25) is 0 Å². The Kier molecular flexibility index (Phi) is 6.24. The normalized spacial score (nSPS) is 23.3. The molecular weight excluding hydrogens is 259 g/mol. The van der Waals surface area contributed by atoms with Gasteiger partial charge in [0.15, 0.2) is 0 Å². The van der Waals surface area contributed by atoms with Gasteiger partial charge in [0, 0.05) is 13.1 Å². The minimum Gasteiger partial charge on any atom is -0.444 e. The Morgan fingerprint density at radius 3 is 2.65 bits per heavy atom. The summed E-state index contributed by atoms with van der Waals surface area (Å²) in [5.74, 6) is 0.116. The van der Waals surface area contributed by atoms with E-state index < -0.39 is 11.8 Å². The molecule has 0 bridgehead atoms. The Morgan fingerprint density at radius 1 is 1.50 bits per heavy atom. The zero-order valence-electron chi connectivity index (χ0n) is 13.2. The summed E-state index contributed by atoms with van der Waals surface area (Å²) in [4.78, 5) is 13.8. The van der Waals surface area contributed by atoms with E-state index in [1.165, 1.54) is 0 Å². The maximum absolute atomic E-state index is 13.7. The van der Waals surface area contributed by atoms with E-state index in [1.807, 2.05) is 20.8 Å². The van der Waals surface area contributed by atoms with Crippen molar-refractivity contribution in [3.05, 3.63) is 0 Å². The molecule has 1 aliphatic heterocycles. The summed E-state index contributed by atoms with van der Waals surface area (Å²) >= 11 is 0. The third-order valence-electron chi connectivity index (χ3n) is 3.81. The maximum Gasteiger partial charge on any atom is 0.410 e. The van der Waals surface area contributed by atoms with Crippen LogP contribution in [0.1, 0.15) is 47.0 Å². The molecule has 0 aromatic carbocycles. The number of piperidine rings is 1. The minimum absolute atomic E-state index is 0.0646. The zero-order valence-corrected chi connectivity index (χ0v) is 13.2. The maximum atomic E-state index is 13.7. The number of halogens is 1. The fraction of sp³-hybridized carbons (Fsp3) is 0.933. The van der Waals surface area contributed by atoms with Gasteiger partial charge in [-0.2, -0.15) is 0 Å². The van der Waals surface area contributed by atoms with Gasteiger partial charge in [0.25, 0.3) is 0 Å². The summed E-state index contributed by atoms with van der Waals surface area (Å²) in [6.07, 6.45) is 1.35. The summed E-state index contributed by atoms with van der Waals surface area (Å²) < 4.78 is 19.1. The number of nitrogens with zero attached hydrogens (tertiary/aromatic N) is 1. The number of amides is 1. The molecule has 118 valence electrons. The van der Waals surface area contributed by atoms with Gasteiger partial charge in [-0.25, -0.2) is 9.18 Å². The van der Waals surface area contributed by atoms with Crippen molar-refractivity contribution in [2.45, 2.75) is 58.7 Å². The smallest absolute Gasteiger partial charge is 0.410 e. The molecule has 0 spiro atoms. The Bertz CT molecular complexity index is 315. The van der Waals surface area contributed by atoms with Gasteiger partial charge in [-0.05, 0) is 65.3 Å². The number of hydrogen-bond donors (Lipinski definition) is 1. The SMILES string of the molecule is CC(F)C(CCN)C1CCCN(C(=O)OC(C)(C)C)C1. The molecule has 1 fully saturated rings. The molecule has 5 heteroatoms. The molecule has 0 aliphatic carbocycles. The highest BCUT2D eigenvalue weighted by Crippen LogP contribution is 2.30. The minimum atomic E-state index is -0.887. The molecule has 1 amide bonds. The summed E-state index contributed by atoms with van der Waals surface area (Å²) in [6.45, 7) is 8.91. The first-order valence-electron chi connectivity index (χ1n) is 7.56. The third kappa shape index (κ3) is 5.27. The largest absolute Gasteiger partial charge is 0.444 e. The Balaban J connectivity index is 2.63. The Labute approximate surface area is 121 Å². The van der Waals surface area contributed by atoms with E-state index in [0.29, 0.717) is 26.1 Å². The number of alkyl halides is 1. The number of hydrogen-bond acceptors (Lipinski definition) is 3. The highest BCUT2D eigenvalue weighted by Gasteiger charge is 2.33. The standard InChI is InChI=1S/C15H29FN2O2/c1-11(16)13(7-8-17)12-6-5-9-18(10-12)14(19)20-15(2,3)4/h11-13H,5-10,17H2,1-4H3. The topological polar surface area (TPSA) is 55.6 Å². The van der Waals surface area contributed by atoms with Crippen LogP contribution in [0.4, 0.5) is 9.18 Å². The molecule has 1 heterocycles. The van der Waals surface area contributed by atoms with Gasteiger partial charge in [-0.1, -0.05) is 0 Å². The van der Waals surface area contributed by atoms with Gasteiger partial charge in [0.05, 0.1) is 0 Å². The molecule has 1 saturated heterocycles. The predicted octanol–water partition coefficient (Wildman–Crippen LogP) is 2.96. The van der Waals surface area contributed by atoms with E-state index in [0.717, 1.165) is 12.8 Å². The lowest BCUT2D eigenvalue weighted by molar-refractivity contribution is 0.00873. The van der Waals surface area contributed by atoms with Crippen molar-refractivity contribution in [2.75, 3.05) is 19.6 Å². The van der Waals surface area contributed by atoms with Crippen molar-refractivity contribution in [1.29, 1.82) is 0 Å². The van der Waals surface area contributed by atoms with Crippen molar-refractivity contribution in [2.24, 2.45) is 17.6 Å². The first-order chi connectivity index (χ1) is 9.24. The molecule has 1 rings (SSSR count). The van der Waals surface area contributed by atoms with Crippen molar-refractivity contribution in [1.82, 2.24) is 4.90 Å². The van der Waals surface area contributed by atoms with Crippen molar-refractivity contribution in [3.63, 3.8) is 0 Å². The second kappa shape index (κ2) is 7.25. The van der Waals surface area contributed by atoms with E-state index in [4.69, 9.17) is 10.5 Å². The van der Waals surface area contributed by atoms with E-state index in [-0.39, 0.29) is 17.9 Å². The van der Waals surface area contributed by atoms with Crippen LogP contribution in [0.25, 0.3) is 0 Å². The van der Waals surface area contributed by atoms with Crippen LogP contribution in [0, 0.1) is 11.8 Å². The lowest BCUT2D eigenvalue weighted by Crippen LogP contribution is -2.45. The van der Waals surface area contributed by atoms with Crippen LogP contribution in [0.3, 0.4) is 0 Å². The summed E-state index contributed by atoms with van der Waals surface area (Å²) in [5, 5.41) is 0. The quantitative estimate of drug-likeness (QED) is 0.865. The van der Waals surface area contributed by atoms with Crippen LogP contribution < -0.4 is 5.73 Å². The van der Waals surface area contributed by atoms with Crippen LogP contribution in [-0.2, 0) is 4.74 Å². The molecule has 3 unspecified atom stereocenters. The lowest BCUT2D eigenvalue weighted by Gasteiger charge is -2.38. The predicted molar refractivity (Wildman–Crippen MR) is 78.3 cm³/mol. The summed E-state index contributed by atoms with van der Waals surface area (Å²) in [6, 6.07) is 0. The molecule has 0 aromatic rings. The number of carbonyl (C=O) groups is 1. The molecule has 1 aliphatic rings. The van der Waals surface area contributed by atoms with Crippen LogP contribution in [0.5, 0.6) is 0 Å². The average Bonchev–Trinajstić information content (AvgIpc) is 2.33. The molecule has 2 N–H and O–H groups in total. The Morgan fingerprint density at radius 2 is 2.15 bits per heavy atom. The fourth-order valence-electron chi connectivity index (χ4n) is 2.88. The first kappa shape index (κ1) is 17.2. The van der Waals surface area contributed by atoms with Crippen molar-refractivity contribution < 1.29 is 13.9 Å². The molecule has 0 radical (unpaired) electrons.